The van der Waals surface area contributed by atoms with E-state index in [0.29, 0.717) is 25.7 Å². The number of unbranched alkanes of at least 4 members (excludes halogenated alkanes) is 2. The molecule has 0 aromatic carbocycles. The average molecular weight is 407 g/mol. The highest BCUT2D eigenvalue weighted by atomic mass is 16.2. The minimum atomic E-state index is -0.337. The van der Waals surface area contributed by atoms with Crippen LogP contribution in [0.3, 0.4) is 0 Å². The molecule has 2 heterocycles. The summed E-state index contributed by atoms with van der Waals surface area (Å²) < 4.78 is 0. The molecule has 164 valence electrons. The third kappa shape index (κ3) is 9.55. The quantitative estimate of drug-likeness (QED) is 0.601. The van der Waals surface area contributed by atoms with E-state index in [2.05, 4.69) is 10.6 Å². The summed E-state index contributed by atoms with van der Waals surface area (Å²) in [5.74, 6) is 0.228. The molecule has 2 atom stereocenters. The second-order valence-corrected chi connectivity index (χ2v) is 8.64. The number of nitrogens with one attached hydrogen (secondary N) is 2. The van der Waals surface area contributed by atoms with Crippen LogP contribution in [0.5, 0.6) is 0 Å². The van der Waals surface area contributed by atoms with Crippen LogP contribution < -0.4 is 10.6 Å². The van der Waals surface area contributed by atoms with Gasteiger partial charge in [0.1, 0.15) is 0 Å². The van der Waals surface area contributed by atoms with Crippen LogP contribution in [0.4, 0.5) is 0 Å². The minimum Gasteiger partial charge on any atom is -0.346 e. The maximum Gasteiger partial charge on any atom is 0.220 e. The Kier molecular flexibility index (Phi) is 11.0. The van der Waals surface area contributed by atoms with Crippen molar-refractivity contribution < 1.29 is 19.2 Å². The third-order valence-corrected chi connectivity index (χ3v) is 6.09. The molecule has 6 nitrogen and oxygen atoms in total. The summed E-state index contributed by atoms with van der Waals surface area (Å²) in [4.78, 5) is 48.7. The van der Waals surface area contributed by atoms with Crippen molar-refractivity contribution in [3.8, 4) is 0 Å². The molecule has 6 heteroatoms. The summed E-state index contributed by atoms with van der Waals surface area (Å²) in [6, 6.07) is -0.674. The maximum absolute atomic E-state index is 12.5. The van der Waals surface area contributed by atoms with Gasteiger partial charge in [-0.05, 0) is 38.5 Å². The molecule has 0 aliphatic carbocycles. The number of hydrogen-bond donors (Lipinski definition) is 2. The summed E-state index contributed by atoms with van der Waals surface area (Å²) in [6.07, 6.45) is 13.8. The van der Waals surface area contributed by atoms with E-state index in [1.807, 2.05) is 0 Å². The normalized spacial score (nSPS) is 24.6. The lowest BCUT2D eigenvalue weighted by Crippen LogP contribution is -2.40. The van der Waals surface area contributed by atoms with E-state index >= 15 is 0 Å². The Bertz CT molecular complexity index is 513. The lowest BCUT2D eigenvalue weighted by atomic mass is 9.98. The largest absolute Gasteiger partial charge is 0.346 e. The van der Waals surface area contributed by atoms with Gasteiger partial charge in [0.15, 0.2) is 11.6 Å². The molecule has 2 aliphatic rings. The first-order valence-corrected chi connectivity index (χ1v) is 11.7. The second-order valence-electron chi connectivity index (χ2n) is 8.64. The molecule has 2 amide bonds. The zero-order valence-corrected chi connectivity index (χ0v) is 17.8. The van der Waals surface area contributed by atoms with E-state index in [9.17, 15) is 19.2 Å². The smallest absolute Gasteiger partial charge is 0.220 e. The fourth-order valence-electron chi connectivity index (χ4n) is 4.26. The molecule has 0 bridgehead atoms. The van der Waals surface area contributed by atoms with Crippen molar-refractivity contribution in [2.45, 2.75) is 121 Å². The van der Waals surface area contributed by atoms with Gasteiger partial charge in [0, 0.05) is 25.7 Å². The van der Waals surface area contributed by atoms with Crippen molar-refractivity contribution in [3.05, 3.63) is 0 Å². The summed E-state index contributed by atoms with van der Waals surface area (Å²) >= 11 is 0. The van der Waals surface area contributed by atoms with Gasteiger partial charge in [-0.1, -0.05) is 44.9 Å². The Morgan fingerprint density at radius 3 is 1.48 bits per heavy atom. The molecule has 0 aromatic rings. The van der Waals surface area contributed by atoms with Crippen molar-refractivity contribution >= 4 is 23.4 Å². The first-order valence-electron chi connectivity index (χ1n) is 11.7. The molecule has 2 N–H and O–H groups in total. The molecule has 2 rings (SSSR count). The van der Waals surface area contributed by atoms with Crippen LogP contribution >= 0.6 is 0 Å². The molecule has 2 aliphatic heterocycles. The third-order valence-electron chi connectivity index (χ3n) is 6.09. The van der Waals surface area contributed by atoms with Crippen LogP contribution in [0.2, 0.25) is 0 Å². The van der Waals surface area contributed by atoms with Crippen molar-refractivity contribution in [3.63, 3.8) is 0 Å². The predicted octanol–water partition coefficient (Wildman–Crippen LogP) is 3.75. The Hall–Kier alpha value is -1.72. The van der Waals surface area contributed by atoms with Crippen LogP contribution in [0.25, 0.3) is 0 Å². The number of rotatable bonds is 8. The molecule has 2 saturated heterocycles. The predicted molar refractivity (Wildman–Crippen MR) is 112 cm³/mol. The Morgan fingerprint density at radius 2 is 1.03 bits per heavy atom. The SMILES string of the molecule is O=C1CCCCCCC(C(=O)CCCCCC(=O)C2CCCCCCC(=O)N2)N1. The van der Waals surface area contributed by atoms with Crippen LogP contribution in [-0.2, 0) is 19.2 Å². The summed E-state index contributed by atoms with van der Waals surface area (Å²) in [5.41, 5.74) is 0. The van der Waals surface area contributed by atoms with Crippen LogP contribution in [-0.4, -0.2) is 35.5 Å². The lowest BCUT2D eigenvalue weighted by Gasteiger charge is -2.17. The average Bonchev–Trinajstić information content (AvgIpc) is 2.87. The minimum absolute atomic E-state index is 0.00658. The number of ketones is 2. The standard InChI is InChI=1S/C23H38N2O4/c26-20(18-12-6-1-3-10-16-22(28)24-18)14-8-5-9-15-21(27)19-13-7-2-4-11-17-23(29)25-19/h18-19H,1-17H2,(H,24,28)(H,25,29). The zero-order chi connectivity index (χ0) is 20.9. The molecule has 0 saturated carbocycles. The van der Waals surface area contributed by atoms with Crippen LogP contribution in [0, 0.1) is 0 Å². The molecule has 0 radical (unpaired) electrons. The van der Waals surface area contributed by atoms with Gasteiger partial charge in [0.05, 0.1) is 12.1 Å². The molecule has 2 fully saturated rings. The highest BCUT2D eigenvalue weighted by Gasteiger charge is 2.22. The van der Waals surface area contributed by atoms with Gasteiger partial charge in [-0.15, -0.1) is 0 Å². The van der Waals surface area contributed by atoms with Gasteiger partial charge in [-0.3, -0.25) is 19.2 Å². The van der Waals surface area contributed by atoms with Gasteiger partial charge in [-0.2, -0.15) is 0 Å². The van der Waals surface area contributed by atoms with Gasteiger partial charge in [-0.25, -0.2) is 0 Å². The number of hydrogen-bond acceptors (Lipinski definition) is 4. The van der Waals surface area contributed by atoms with E-state index in [1.165, 1.54) is 0 Å². The summed E-state index contributed by atoms with van der Waals surface area (Å²) in [5, 5.41) is 5.80. The Labute approximate surface area is 175 Å². The monoisotopic (exact) mass is 406 g/mol. The summed E-state index contributed by atoms with van der Waals surface area (Å²) in [7, 11) is 0. The van der Waals surface area contributed by atoms with Crippen molar-refractivity contribution in [2.24, 2.45) is 0 Å². The highest BCUT2D eigenvalue weighted by Crippen LogP contribution is 2.16. The molecule has 2 unspecified atom stereocenters. The first-order chi connectivity index (χ1) is 14.1. The van der Waals surface area contributed by atoms with Gasteiger partial charge in [0.2, 0.25) is 11.8 Å². The number of carbonyl (C=O) groups excluding carboxylic acids is 4. The van der Waals surface area contributed by atoms with Crippen LogP contribution in [0.15, 0.2) is 0 Å². The Morgan fingerprint density at radius 1 is 0.621 bits per heavy atom. The van der Waals surface area contributed by atoms with Crippen molar-refractivity contribution in [1.29, 1.82) is 0 Å². The second kappa shape index (κ2) is 13.5. The van der Waals surface area contributed by atoms with Crippen LogP contribution in [0.1, 0.15) is 109 Å². The first kappa shape index (κ1) is 23.6. The maximum atomic E-state index is 12.5. The fraction of sp³-hybridized carbons (Fsp3) is 0.826. The van der Waals surface area contributed by atoms with E-state index in [4.69, 9.17) is 0 Å². The topological polar surface area (TPSA) is 92.3 Å². The number of amides is 2. The van der Waals surface area contributed by atoms with E-state index in [0.717, 1.165) is 83.5 Å². The van der Waals surface area contributed by atoms with Gasteiger partial charge in [0.25, 0.3) is 0 Å². The molecule has 29 heavy (non-hydrogen) atoms. The molecule has 0 spiro atoms. The van der Waals surface area contributed by atoms with Gasteiger partial charge < -0.3 is 10.6 Å². The Balaban J connectivity index is 1.65. The highest BCUT2D eigenvalue weighted by molar-refractivity contribution is 5.89. The van der Waals surface area contributed by atoms with Gasteiger partial charge >= 0.3 is 0 Å². The fourth-order valence-corrected chi connectivity index (χ4v) is 4.26. The molecular formula is C23H38N2O4. The van der Waals surface area contributed by atoms with E-state index in [-0.39, 0.29) is 35.5 Å². The zero-order valence-electron chi connectivity index (χ0n) is 17.8. The van der Waals surface area contributed by atoms with E-state index in [1.54, 1.807) is 0 Å². The number of carbonyl (C=O) groups is 4. The molecule has 0 aromatic heterocycles. The van der Waals surface area contributed by atoms with Crippen molar-refractivity contribution in [2.75, 3.05) is 0 Å². The van der Waals surface area contributed by atoms with Crippen molar-refractivity contribution in [1.82, 2.24) is 10.6 Å². The summed E-state index contributed by atoms with van der Waals surface area (Å²) in [6.45, 7) is 0. The van der Waals surface area contributed by atoms with E-state index < -0.39 is 0 Å². The number of Topliss-reactive ketones (excluding diaryl/α,β-unsaturated/α-hetero) is 2. The molecular weight excluding hydrogens is 368 g/mol. The lowest BCUT2D eigenvalue weighted by molar-refractivity contribution is -0.128.